The maximum absolute atomic E-state index is 12.1. The van der Waals surface area contributed by atoms with Gasteiger partial charge in [-0.1, -0.05) is 37.3 Å². The predicted molar refractivity (Wildman–Crippen MR) is 82.9 cm³/mol. The molecule has 0 unspecified atom stereocenters. The summed E-state index contributed by atoms with van der Waals surface area (Å²) >= 11 is 0. The van der Waals surface area contributed by atoms with E-state index in [2.05, 4.69) is 5.32 Å². The highest BCUT2D eigenvalue weighted by Gasteiger charge is 2.29. The molecule has 23 heavy (non-hydrogen) atoms. The first-order chi connectivity index (χ1) is 10.9. The number of amides is 2. The minimum atomic E-state index is -1.42. The van der Waals surface area contributed by atoms with Crippen molar-refractivity contribution in [3.8, 4) is 0 Å². The molecule has 3 atom stereocenters. The SMILES string of the molecule is CCOC(=O)C[C@H](C)[C@H](NC(=O)[C@@H](O)c1ccccc1)C(N)=O. The molecule has 126 valence electrons. The Bertz CT molecular complexity index is 547. The highest BCUT2D eigenvalue weighted by atomic mass is 16.5. The fraction of sp³-hybridized carbons (Fsp3) is 0.438. The number of carbonyl (C=O) groups is 3. The molecule has 1 aromatic rings. The maximum atomic E-state index is 12.1. The van der Waals surface area contributed by atoms with Crippen molar-refractivity contribution in [2.24, 2.45) is 11.7 Å². The fourth-order valence-corrected chi connectivity index (χ4v) is 2.11. The molecule has 0 heterocycles. The summed E-state index contributed by atoms with van der Waals surface area (Å²) in [5, 5.41) is 12.4. The molecule has 4 N–H and O–H groups in total. The van der Waals surface area contributed by atoms with Gasteiger partial charge in [0.1, 0.15) is 6.04 Å². The van der Waals surface area contributed by atoms with Gasteiger partial charge in [-0.05, 0) is 18.4 Å². The van der Waals surface area contributed by atoms with Crippen LogP contribution in [0.4, 0.5) is 0 Å². The molecule has 0 fully saturated rings. The van der Waals surface area contributed by atoms with Crippen molar-refractivity contribution < 1.29 is 24.2 Å². The first-order valence-electron chi connectivity index (χ1n) is 7.35. The summed E-state index contributed by atoms with van der Waals surface area (Å²) in [5.74, 6) is -2.58. The quantitative estimate of drug-likeness (QED) is 0.594. The topological polar surface area (TPSA) is 119 Å². The highest BCUT2D eigenvalue weighted by molar-refractivity contribution is 5.89. The summed E-state index contributed by atoms with van der Waals surface area (Å²) < 4.78 is 4.81. The number of nitrogens with two attached hydrogens (primary N) is 1. The lowest BCUT2D eigenvalue weighted by molar-refractivity contribution is -0.145. The van der Waals surface area contributed by atoms with E-state index in [0.29, 0.717) is 5.56 Å². The van der Waals surface area contributed by atoms with E-state index in [1.165, 1.54) is 0 Å². The first-order valence-corrected chi connectivity index (χ1v) is 7.35. The standard InChI is InChI=1S/C16H22N2O5/c1-3-23-12(19)9-10(2)13(15(17)21)18-16(22)14(20)11-7-5-4-6-8-11/h4-8,10,13-14,20H,3,9H2,1-2H3,(H2,17,21)(H,18,22)/t10-,13-,14-/m0/s1. The summed E-state index contributed by atoms with van der Waals surface area (Å²) in [6, 6.07) is 7.21. The summed E-state index contributed by atoms with van der Waals surface area (Å²) in [6.07, 6.45) is -1.49. The van der Waals surface area contributed by atoms with E-state index in [4.69, 9.17) is 10.5 Å². The molecule has 0 aliphatic carbocycles. The third-order valence-electron chi connectivity index (χ3n) is 3.33. The van der Waals surface area contributed by atoms with Gasteiger partial charge in [0.25, 0.3) is 5.91 Å². The minimum Gasteiger partial charge on any atom is -0.466 e. The second-order valence-corrected chi connectivity index (χ2v) is 5.19. The lowest BCUT2D eigenvalue weighted by Gasteiger charge is -2.23. The first kappa shape index (κ1) is 18.6. The van der Waals surface area contributed by atoms with Crippen LogP contribution >= 0.6 is 0 Å². The van der Waals surface area contributed by atoms with Crippen molar-refractivity contribution in [1.82, 2.24) is 5.32 Å². The number of hydrogen-bond acceptors (Lipinski definition) is 5. The molecule has 0 saturated carbocycles. The molecule has 0 saturated heterocycles. The molecule has 0 radical (unpaired) electrons. The van der Waals surface area contributed by atoms with Crippen LogP contribution < -0.4 is 11.1 Å². The van der Waals surface area contributed by atoms with Gasteiger partial charge in [0.2, 0.25) is 5.91 Å². The molecule has 0 spiro atoms. The van der Waals surface area contributed by atoms with Gasteiger partial charge in [-0.3, -0.25) is 14.4 Å². The summed E-state index contributed by atoms with van der Waals surface area (Å²) in [4.78, 5) is 35.1. The van der Waals surface area contributed by atoms with Gasteiger partial charge < -0.3 is 20.9 Å². The monoisotopic (exact) mass is 322 g/mol. The van der Waals surface area contributed by atoms with E-state index in [1.807, 2.05) is 0 Å². The molecule has 0 aliphatic rings. The summed E-state index contributed by atoms with van der Waals surface area (Å²) in [7, 11) is 0. The molecular formula is C16H22N2O5. The molecule has 0 aromatic heterocycles. The normalized spacial score (nSPS) is 14.4. The third kappa shape index (κ3) is 5.71. The molecule has 7 heteroatoms. The number of benzene rings is 1. The third-order valence-corrected chi connectivity index (χ3v) is 3.33. The van der Waals surface area contributed by atoms with Gasteiger partial charge >= 0.3 is 5.97 Å². The Hall–Kier alpha value is -2.41. The fourth-order valence-electron chi connectivity index (χ4n) is 2.11. The molecule has 1 aromatic carbocycles. The Morgan fingerprint density at radius 3 is 2.39 bits per heavy atom. The lowest BCUT2D eigenvalue weighted by Crippen LogP contribution is -2.50. The van der Waals surface area contributed by atoms with Crippen molar-refractivity contribution >= 4 is 17.8 Å². The van der Waals surface area contributed by atoms with Crippen molar-refractivity contribution in [2.75, 3.05) is 6.61 Å². The largest absolute Gasteiger partial charge is 0.466 e. The van der Waals surface area contributed by atoms with E-state index in [1.54, 1.807) is 44.2 Å². The van der Waals surface area contributed by atoms with Gasteiger partial charge in [-0.25, -0.2) is 0 Å². The Morgan fingerprint density at radius 1 is 1.26 bits per heavy atom. The van der Waals surface area contributed by atoms with Crippen LogP contribution in [0, 0.1) is 5.92 Å². The number of nitrogens with one attached hydrogen (secondary N) is 1. The minimum absolute atomic E-state index is 0.0663. The molecule has 0 bridgehead atoms. The maximum Gasteiger partial charge on any atom is 0.306 e. The van der Waals surface area contributed by atoms with Gasteiger partial charge in [0.15, 0.2) is 6.10 Å². The van der Waals surface area contributed by atoms with E-state index in [0.717, 1.165) is 0 Å². The number of rotatable bonds is 8. The molecule has 7 nitrogen and oxygen atoms in total. The zero-order chi connectivity index (χ0) is 17.4. The van der Waals surface area contributed by atoms with E-state index in [-0.39, 0.29) is 13.0 Å². The number of esters is 1. The molecule has 2 amide bonds. The Labute approximate surface area is 134 Å². The van der Waals surface area contributed by atoms with Crippen LogP contribution in [0.2, 0.25) is 0 Å². The van der Waals surface area contributed by atoms with Gasteiger partial charge in [-0.15, -0.1) is 0 Å². The molecule has 1 rings (SSSR count). The number of ether oxygens (including phenoxy) is 1. The van der Waals surface area contributed by atoms with E-state index in [9.17, 15) is 19.5 Å². The lowest BCUT2D eigenvalue weighted by atomic mass is 9.97. The summed E-state index contributed by atoms with van der Waals surface area (Å²) in [6.45, 7) is 3.50. The average molecular weight is 322 g/mol. The number of hydrogen-bond donors (Lipinski definition) is 3. The second-order valence-electron chi connectivity index (χ2n) is 5.19. The zero-order valence-corrected chi connectivity index (χ0v) is 13.2. The molecule has 0 aliphatic heterocycles. The van der Waals surface area contributed by atoms with E-state index < -0.39 is 35.8 Å². The van der Waals surface area contributed by atoms with Crippen LogP contribution in [0.5, 0.6) is 0 Å². The van der Waals surface area contributed by atoms with Crippen LogP contribution in [0.1, 0.15) is 31.9 Å². The number of carbonyl (C=O) groups excluding carboxylic acids is 3. The van der Waals surface area contributed by atoms with Crippen molar-refractivity contribution in [2.45, 2.75) is 32.4 Å². The van der Waals surface area contributed by atoms with Gasteiger partial charge in [-0.2, -0.15) is 0 Å². The van der Waals surface area contributed by atoms with Gasteiger partial charge in [0, 0.05) is 0 Å². The predicted octanol–water partition coefficient (Wildman–Crippen LogP) is 0.279. The van der Waals surface area contributed by atoms with E-state index >= 15 is 0 Å². The number of aliphatic hydroxyl groups is 1. The molecular weight excluding hydrogens is 300 g/mol. The Morgan fingerprint density at radius 2 is 1.87 bits per heavy atom. The van der Waals surface area contributed by atoms with Crippen LogP contribution in [-0.2, 0) is 19.1 Å². The zero-order valence-electron chi connectivity index (χ0n) is 13.2. The Kier molecular flexibility index (Phi) is 7.21. The van der Waals surface area contributed by atoms with Crippen LogP contribution in [0.3, 0.4) is 0 Å². The van der Waals surface area contributed by atoms with Crippen molar-refractivity contribution in [3.05, 3.63) is 35.9 Å². The van der Waals surface area contributed by atoms with Gasteiger partial charge in [0.05, 0.1) is 13.0 Å². The van der Waals surface area contributed by atoms with Crippen molar-refractivity contribution in [3.63, 3.8) is 0 Å². The van der Waals surface area contributed by atoms with Crippen molar-refractivity contribution in [1.29, 1.82) is 0 Å². The van der Waals surface area contributed by atoms with Crippen LogP contribution in [0.15, 0.2) is 30.3 Å². The van der Waals surface area contributed by atoms with Crippen LogP contribution in [-0.4, -0.2) is 35.5 Å². The van der Waals surface area contributed by atoms with Crippen LogP contribution in [0.25, 0.3) is 0 Å². The Balaban J connectivity index is 2.73. The summed E-state index contributed by atoms with van der Waals surface area (Å²) in [5.41, 5.74) is 5.68. The number of primary amides is 1. The smallest absolute Gasteiger partial charge is 0.306 e. The average Bonchev–Trinajstić information content (AvgIpc) is 2.52. The highest BCUT2D eigenvalue weighted by Crippen LogP contribution is 2.15. The number of aliphatic hydroxyl groups excluding tert-OH is 1. The second kappa shape index (κ2) is 8.89.